The van der Waals surface area contributed by atoms with Gasteiger partial charge >= 0.3 is 5.97 Å². The maximum Gasteiger partial charge on any atom is 0.371 e. The average molecular weight is 290 g/mol. The van der Waals surface area contributed by atoms with Gasteiger partial charge in [0.2, 0.25) is 5.76 Å². The Balaban J connectivity index is 1.92. The lowest BCUT2D eigenvalue weighted by molar-refractivity contribution is 0.0665. The number of hydrogen-bond acceptors (Lipinski definition) is 4. The third-order valence-corrected chi connectivity index (χ3v) is 3.64. The first kappa shape index (κ1) is 15.5. The maximum absolute atomic E-state index is 10.9. The zero-order chi connectivity index (χ0) is 15.4. The fourth-order valence-corrected chi connectivity index (χ4v) is 2.05. The van der Waals surface area contributed by atoms with Crippen molar-refractivity contribution in [3.05, 3.63) is 35.6 Å². The number of fused-ring (bicyclic) bond motifs is 1. The maximum atomic E-state index is 10.9. The van der Waals surface area contributed by atoms with Crippen molar-refractivity contribution in [2.75, 3.05) is 20.1 Å². The smallest absolute Gasteiger partial charge is 0.371 e. The molecule has 2 aromatic rings. The van der Waals surface area contributed by atoms with Gasteiger partial charge in [0.05, 0.1) is 0 Å². The Morgan fingerprint density at radius 1 is 1.38 bits per heavy atom. The number of carboxylic acids is 1. The van der Waals surface area contributed by atoms with Gasteiger partial charge in [-0.2, -0.15) is 0 Å². The molecule has 0 radical (unpaired) electrons. The number of furan rings is 1. The zero-order valence-corrected chi connectivity index (χ0v) is 12.7. The van der Waals surface area contributed by atoms with E-state index in [0.717, 1.165) is 30.6 Å². The standard InChI is InChI=1S/C16H22N2O3/c1-11(2)18(3)7-6-17-10-12-4-5-14-13(8-12)9-15(21-14)16(19)20/h4-5,8-9,11,17H,6-7,10H2,1-3H3,(H,19,20). The highest BCUT2D eigenvalue weighted by Gasteiger charge is 2.10. The molecule has 21 heavy (non-hydrogen) atoms. The Bertz CT molecular complexity index is 619. The molecule has 0 aliphatic carbocycles. The van der Waals surface area contributed by atoms with Crippen LogP contribution in [0.2, 0.25) is 0 Å². The van der Waals surface area contributed by atoms with Crippen LogP contribution < -0.4 is 5.32 Å². The van der Waals surface area contributed by atoms with E-state index in [4.69, 9.17) is 9.52 Å². The van der Waals surface area contributed by atoms with Crippen molar-refractivity contribution < 1.29 is 14.3 Å². The largest absolute Gasteiger partial charge is 0.475 e. The second-order valence-corrected chi connectivity index (χ2v) is 5.54. The summed E-state index contributed by atoms with van der Waals surface area (Å²) in [6, 6.07) is 7.84. The molecule has 114 valence electrons. The van der Waals surface area contributed by atoms with Gasteiger partial charge in [-0.3, -0.25) is 0 Å². The fraction of sp³-hybridized carbons (Fsp3) is 0.438. The normalized spacial score (nSPS) is 11.7. The zero-order valence-electron chi connectivity index (χ0n) is 12.7. The van der Waals surface area contributed by atoms with E-state index in [1.807, 2.05) is 18.2 Å². The summed E-state index contributed by atoms with van der Waals surface area (Å²) in [6.45, 7) is 7.02. The van der Waals surface area contributed by atoms with E-state index in [0.29, 0.717) is 11.6 Å². The first-order chi connectivity index (χ1) is 9.97. The molecule has 0 spiro atoms. The molecular weight excluding hydrogens is 268 g/mol. The minimum Gasteiger partial charge on any atom is -0.475 e. The highest BCUT2D eigenvalue weighted by atomic mass is 16.4. The van der Waals surface area contributed by atoms with E-state index in [-0.39, 0.29) is 5.76 Å². The molecule has 0 aliphatic rings. The minimum absolute atomic E-state index is 0.0198. The van der Waals surface area contributed by atoms with Gasteiger partial charge in [0.1, 0.15) is 5.58 Å². The molecule has 2 N–H and O–H groups in total. The predicted molar refractivity (Wildman–Crippen MR) is 82.6 cm³/mol. The van der Waals surface area contributed by atoms with Crippen LogP contribution >= 0.6 is 0 Å². The van der Waals surface area contributed by atoms with Gasteiger partial charge in [-0.1, -0.05) is 6.07 Å². The van der Waals surface area contributed by atoms with E-state index in [2.05, 4.69) is 31.1 Å². The monoisotopic (exact) mass is 290 g/mol. The number of carboxylic acid groups (broad SMARTS) is 1. The molecule has 1 heterocycles. The van der Waals surface area contributed by atoms with Crippen molar-refractivity contribution in [2.45, 2.75) is 26.4 Å². The molecular formula is C16H22N2O3. The van der Waals surface area contributed by atoms with Crippen molar-refractivity contribution in [1.29, 1.82) is 0 Å². The van der Waals surface area contributed by atoms with Crippen molar-refractivity contribution in [3.63, 3.8) is 0 Å². The molecule has 0 aliphatic heterocycles. The van der Waals surface area contributed by atoms with Crippen molar-refractivity contribution in [2.24, 2.45) is 0 Å². The molecule has 5 nitrogen and oxygen atoms in total. The van der Waals surface area contributed by atoms with Crippen LogP contribution in [-0.2, 0) is 6.54 Å². The van der Waals surface area contributed by atoms with Crippen LogP contribution in [0.25, 0.3) is 11.0 Å². The first-order valence-electron chi connectivity index (χ1n) is 7.14. The molecule has 1 aromatic heterocycles. The molecule has 0 saturated carbocycles. The van der Waals surface area contributed by atoms with Crippen LogP contribution in [0.4, 0.5) is 0 Å². The molecule has 0 amide bonds. The lowest BCUT2D eigenvalue weighted by Crippen LogP contribution is -2.33. The number of aromatic carboxylic acids is 1. The highest BCUT2D eigenvalue weighted by Crippen LogP contribution is 2.20. The predicted octanol–water partition coefficient (Wildman–Crippen LogP) is 2.56. The van der Waals surface area contributed by atoms with E-state index in [1.165, 1.54) is 0 Å². The highest BCUT2D eigenvalue weighted by molar-refractivity contribution is 5.91. The summed E-state index contributed by atoms with van der Waals surface area (Å²) in [5.74, 6) is -1.06. The number of carbonyl (C=O) groups is 1. The Morgan fingerprint density at radius 3 is 2.81 bits per heavy atom. The molecule has 1 aromatic carbocycles. The Labute approximate surface area is 124 Å². The van der Waals surface area contributed by atoms with Crippen molar-refractivity contribution in [3.8, 4) is 0 Å². The summed E-state index contributed by atoms with van der Waals surface area (Å²) < 4.78 is 5.24. The second-order valence-electron chi connectivity index (χ2n) is 5.54. The van der Waals surface area contributed by atoms with Gasteiger partial charge in [-0.25, -0.2) is 4.79 Å². The van der Waals surface area contributed by atoms with E-state index in [1.54, 1.807) is 6.07 Å². The molecule has 0 saturated heterocycles. The average Bonchev–Trinajstić information content (AvgIpc) is 2.86. The Morgan fingerprint density at radius 2 is 2.14 bits per heavy atom. The van der Waals surface area contributed by atoms with Gasteiger partial charge in [0.25, 0.3) is 0 Å². The number of benzene rings is 1. The van der Waals surface area contributed by atoms with Crippen LogP contribution in [0.3, 0.4) is 0 Å². The summed E-state index contributed by atoms with van der Waals surface area (Å²) >= 11 is 0. The van der Waals surface area contributed by atoms with Gasteiger partial charge in [0, 0.05) is 31.1 Å². The number of likely N-dealkylation sites (N-methyl/N-ethyl adjacent to an activating group) is 1. The summed E-state index contributed by atoms with van der Waals surface area (Å²) in [5.41, 5.74) is 1.73. The third-order valence-electron chi connectivity index (χ3n) is 3.64. The summed E-state index contributed by atoms with van der Waals surface area (Å²) in [4.78, 5) is 13.2. The van der Waals surface area contributed by atoms with E-state index in [9.17, 15) is 4.79 Å². The second kappa shape index (κ2) is 6.74. The molecule has 0 atom stereocenters. The molecule has 0 fully saturated rings. The van der Waals surface area contributed by atoms with Crippen LogP contribution in [0.5, 0.6) is 0 Å². The first-order valence-corrected chi connectivity index (χ1v) is 7.14. The summed E-state index contributed by atoms with van der Waals surface area (Å²) in [7, 11) is 2.11. The van der Waals surface area contributed by atoms with Gasteiger partial charge in [0.15, 0.2) is 0 Å². The molecule has 5 heteroatoms. The van der Waals surface area contributed by atoms with Crippen molar-refractivity contribution in [1.82, 2.24) is 10.2 Å². The number of nitrogens with one attached hydrogen (secondary N) is 1. The third kappa shape index (κ3) is 4.06. The molecule has 0 bridgehead atoms. The quantitative estimate of drug-likeness (QED) is 0.767. The van der Waals surface area contributed by atoms with Gasteiger partial charge in [-0.15, -0.1) is 0 Å². The Hall–Kier alpha value is -1.85. The minimum atomic E-state index is -1.04. The summed E-state index contributed by atoms with van der Waals surface area (Å²) in [6.07, 6.45) is 0. The topological polar surface area (TPSA) is 65.7 Å². The molecule has 0 unspecified atom stereocenters. The number of nitrogens with zero attached hydrogens (tertiary/aromatic N) is 1. The van der Waals surface area contributed by atoms with E-state index >= 15 is 0 Å². The van der Waals surface area contributed by atoms with Crippen LogP contribution in [0.1, 0.15) is 30.0 Å². The Kier molecular flexibility index (Phi) is 4.98. The van der Waals surface area contributed by atoms with E-state index < -0.39 is 5.97 Å². The summed E-state index contributed by atoms with van der Waals surface area (Å²) in [5, 5.41) is 13.1. The lowest BCUT2D eigenvalue weighted by atomic mass is 10.1. The number of hydrogen-bond donors (Lipinski definition) is 2. The SMILES string of the molecule is CC(C)N(C)CCNCc1ccc2oc(C(=O)O)cc2c1. The lowest BCUT2D eigenvalue weighted by Gasteiger charge is -2.20. The van der Waals surface area contributed by atoms with Crippen LogP contribution in [0.15, 0.2) is 28.7 Å². The number of rotatable bonds is 7. The van der Waals surface area contributed by atoms with Crippen LogP contribution in [0, 0.1) is 0 Å². The van der Waals surface area contributed by atoms with Gasteiger partial charge in [-0.05, 0) is 44.7 Å². The van der Waals surface area contributed by atoms with Crippen LogP contribution in [-0.4, -0.2) is 42.2 Å². The van der Waals surface area contributed by atoms with Gasteiger partial charge < -0.3 is 19.7 Å². The van der Waals surface area contributed by atoms with Crippen molar-refractivity contribution >= 4 is 16.9 Å². The molecule has 2 rings (SSSR count). The fourth-order valence-electron chi connectivity index (χ4n) is 2.05.